The Balaban J connectivity index is 2.06. The van der Waals surface area contributed by atoms with Crippen LogP contribution in [0.3, 0.4) is 0 Å². The number of hydrogen-bond acceptors (Lipinski definition) is 6. The van der Waals surface area contributed by atoms with Gasteiger partial charge in [-0.05, 0) is 19.1 Å². The molecule has 0 aliphatic carbocycles. The molecule has 0 fully saturated rings. The number of hydrogen-bond donors (Lipinski definition) is 1. The predicted molar refractivity (Wildman–Crippen MR) is 90.9 cm³/mol. The van der Waals surface area contributed by atoms with Crippen LogP contribution in [0, 0.1) is 10.1 Å². The molecule has 1 N–H and O–H groups in total. The number of aromatic nitrogens is 1. The topological polar surface area (TPSA) is 111 Å². The first-order valence-electron chi connectivity index (χ1n) is 6.86. The molecule has 1 atom stereocenters. The summed E-state index contributed by atoms with van der Waals surface area (Å²) in [4.78, 5) is 38.1. The molecule has 0 bridgehead atoms. The minimum absolute atomic E-state index is 0.00315. The van der Waals surface area contributed by atoms with E-state index in [2.05, 4.69) is 10.3 Å². The molecule has 0 aliphatic heterocycles. The Hall–Kier alpha value is -2.71. The Morgan fingerprint density at radius 1 is 1.32 bits per heavy atom. The number of anilines is 1. The molecule has 0 unspecified atom stereocenters. The average molecular weight is 384 g/mol. The first-order valence-corrected chi connectivity index (χ1v) is 7.61. The molecule has 0 radical (unpaired) electrons. The fourth-order valence-corrected chi connectivity index (χ4v) is 2.06. The van der Waals surface area contributed by atoms with E-state index in [9.17, 15) is 19.7 Å². The van der Waals surface area contributed by atoms with Gasteiger partial charge in [0.05, 0.1) is 15.5 Å². The van der Waals surface area contributed by atoms with Crippen LogP contribution < -0.4 is 5.32 Å². The molecule has 10 heteroatoms. The van der Waals surface area contributed by atoms with Crippen LogP contribution >= 0.6 is 23.2 Å². The Morgan fingerprint density at radius 3 is 2.64 bits per heavy atom. The number of nitrogens with one attached hydrogen (secondary N) is 1. The maximum absolute atomic E-state index is 12.1. The van der Waals surface area contributed by atoms with Gasteiger partial charge in [-0.2, -0.15) is 0 Å². The maximum atomic E-state index is 12.1. The number of carbonyl (C=O) groups is 2. The summed E-state index contributed by atoms with van der Waals surface area (Å²) >= 11 is 11.4. The fraction of sp³-hybridized carbons (Fsp3) is 0.133. The lowest BCUT2D eigenvalue weighted by molar-refractivity contribution is -0.383. The molecule has 0 saturated heterocycles. The highest BCUT2D eigenvalue weighted by Crippen LogP contribution is 2.24. The van der Waals surface area contributed by atoms with Crippen molar-refractivity contribution in [2.45, 2.75) is 13.0 Å². The van der Waals surface area contributed by atoms with E-state index in [1.807, 2.05) is 0 Å². The number of benzene rings is 1. The van der Waals surface area contributed by atoms with E-state index >= 15 is 0 Å². The second-order valence-electron chi connectivity index (χ2n) is 4.81. The number of rotatable bonds is 5. The van der Waals surface area contributed by atoms with Crippen LogP contribution in [0.4, 0.5) is 11.4 Å². The summed E-state index contributed by atoms with van der Waals surface area (Å²) in [6, 6.07) is 6.86. The number of esters is 1. The van der Waals surface area contributed by atoms with Gasteiger partial charge in [-0.3, -0.25) is 14.9 Å². The van der Waals surface area contributed by atoms with Crippen LogP contribution in [0.1, 0.15) is 17.3 Å². The van der Waals surface area contributed by atoms with Crippen molar-refractivity contribution in [1.29, 1.82) is 0 Å². The van der Waals surface area contributed by atoms with Gasteiger partial charge in [0.25, 0.3) is 11.6 Å². The predicted octanol–water partition coefficient (Wildman–Crippen LogP) is 3.48. The molecule has 1 aromatic carbocycles. The molecule has 2 rings (SSSR count). The molecule has 8 nitrogen and oxygen atoms in total. The lowest BCUT2D eigenvalue weighted by atomic mass is 10.2. The van der Waals surface area contributed by atoms with Crippen molar-refractivity contribution in [3.05, 3.63) is 62.4 Å². The van der Waals surface area contributed by atoms with Gasteiger partial charge in [-0.15, -0.1) is 0 Å². The van der Waals surface area contributed by atoms with Gasteiger partial charge in [-0.25, -0.2) is 9.78 Å². The van der Waals surface area contributed by atoms with Crippen molar-refractivity contribution in [1.82, 2.24) is 4.98 Å². The minimum atomic E-state index is -1.21. The van der Waals surface area contributed by atoms with E-state index in [1.165, 1.54) is 37.3 Å². The summed E-state index contributed by atoms with van der Waals surface area (Å²) < 4.78 is 5.00. The SMILES string of the molecule is C[C@H](OC(=O)c1cnc(Cl)c(Cl)c1)C(=O)Nc1ccccc1[N+](=O)[O-]. The van der Waals surface area contributed by atoms with Crippen LogP contribution in [0.25, 0.3) is 0 Å². The summed E-state index contributed by atoms with van der Waals surface area (Å²) in [5.41, 5.74) is -0.264. The molecular weight excluding hydrogens is 373 g/mol. The zero-order valence-electron chi connectivity index (χ0n) is 12.7. The standard InChI is InChI=1S/C15H11Cl2N3O5/c1-8(25-15(22)9-6-10(16)13(17)18-7-9)14(21)19-11-4-2-3-5-12(11)20(23)24/h2-8H,1H3,(H,19,21)/t8-/m0/s1. The van der Waals surface area contributed by atoms with Gasteiger partial charge in [0.2, 0.25) is 0 Å². The first-order chi connectivity index (χ1) is 11.8. The number of nitro groups is 1. The van der Waals surface area contributed by atoms with E-state index < -0.39 is 22.9 Å². The Morgan fingerprint density at radius 2 is 2.00 bits per heavy atom. The average Bonchev–Trinajstić information content (AvgIpc) is 2.57. The lowest BCUT2D eigenvalue weighted by Crippen LogP contribution is -2.30. The Bertz CT molecular complexity index is 844. The number of amides is 1. The summed E-state index contributed by atoms with van der Waals surface area (Å²) in [6.07, 6.45) is -0.0507. The third-order valence-corrected chi connectivity index (χ3v) is 3.73. The summed E-state index contributed by atoms with van der Waals surface area (Å²) in [5, 5.41) is 13.4. The largest absolute Gasteiger partial charge is 0.449 e. The number of para-hydroxylation sites is 2. The van der Waals surface area contributed by atoms with Crippen molar-refractivity contribution in [3.8, 4) is 0 Å². The van der Waals surface area contributed by atoms with Crippen molar-refractivity contribution in [2.24, 2.45) is 0 Å². The van der Waals surface area contributed by atoms with E-state index in [4.69, 9.17) is 27.9 Å². The van der Waals surface area contributed by atoms with Gasteiger partial charge >= 0.3 is 5.97 Å². The summed E-state index contributed by atoms with van der Waals surface area (Å²) in [7, 11) is 0. The van der Waals surface area contributed by atoms with Gasteiger partial charge in [0, 0.05) is 12.3 Å². The Labute approximate surface area is 151 Å². The van der Waals surface area contributed by atoms with Gasteiger partial charge in [-0.1, -0.05) is 35.3 Å². The number of carbonyl (C=O) groups excluding carboxylic acids is 2. The third kappa shape index (κ3) is 4.65. The number of nitro benzene ring substituents is 1. The second kappa shape index (κ2) is 7.91. The van der Waals surface area contributed by atoms with Gasteiger partial charge in [0.15, 0.2) is 6.10 Å². The van der Waals surface area contributed by atoms with Crippen LogP contribution in [0.5, 0.6) is 0 Å². The fourth-order valence-electron chi connectivity index (χ4n) is 1.79. The van der Waals surface area contributed by atoms with E-state index in [-0.39, 0.29) is 27.1 Å². The normalized spacial score (nSPS) is 11.5. The Kier molecular flexibility index (Phi) is 5.89. The molecule has 0 aliphatic rings. The number of ether oxygens (including phenoxy) is 1. The molecule has 0 saturated carbocycles. The summed E-state index contributed by atoms with van der Waals surface area (Å²) in [6.45, 7) is 1.33. The highest BCUT2D eigenvalue weighted by molar-refractivity contribution is 6.41. The van der Waals surface area contributed by atoms with Crippen molar-refractivity contribution >= 4 is 46.5 Å². The molecule has 25 heavy (non-hydrogen) atoms. The highest BCUT2D eigenvalue weighted by Gasteiger charge is 2.22. The molecule has 1 heterocycles. The maximum Gasteiger partial charge on any atom is 0.340 e. The quantitative estimate of drug-likeness (QED) is 0.366. The number of nitrogens with zero attached hydrogens (tertiary/aromatic N) is 2. The second-order valence-corrected chi connectivity index (χ2v) is 5.57. The van der Waals surface area contributed by atoms with Gasteiger partial charge < -0.3 is 10.1 Å². The zero-order valence-corrected chi connectivity index (χ0v) is 14.2. The molecule has 1 amide bonds. The van der Waals surface area contributed by atoms with Crippen LogP contribution in [-0.4, -0.2) is 27.9 Å². The number of halogens is 2. The van der Waals surface area contributed by atoms with Gasteiger partial charge in [0.1, 0.15) is 10.8 Å². The monoisotopic (exact) mass is 383 g/mol. The van der Waals surface area contributed by atoms with E-state index in [0.717, 1.165) is 6.20 Å². The molecule has 130 valence electrons. The first kappa shape index (κ1) is 18.6. The van der Waals surface area contributed by atoms with Crippen molar-refractivity contribution < 1.29 is 19.2 Å². The molecule has 2 aromatic rings. The van der Waals surface area contributed by atoms with Crippen molar-refractivity contribution in [2.75, 3.05) is 5.32 Å². The lowest BCUT2D eigenvalue weighted by Gasteiger charge is -2.13. The third-order valence-electron chi connectivity index (χ3n) is 3.04. The van der Waals surface area contributed by atoms with Crippen LogP contribution in [-0.2, 0) is 9.53 Å². The van der Waals surface area contributed by atoms with Crippen molar-refractivity contribution in [3.63, 3.8) is 0 Å². The van der Waals surface area contributed by atoms with Crippen LogP contribution in [0.15, 0.2) is 36.5 Å². The minimum Gasteiger partial charge on any atom is -0.449 e. The molecule has 0 spiro atoms. The highest BCUT2D eigenvalue weighted by atomic mass is 35.5. The zero-order chi connectivity index (χ0) is 18.6. The number of pyridine rings is 1. The molecular formula is C15H11Cl2N3O5. The van der Waals surface area contributed by atoms with Crippen LogP contribution in [0.2, 0.25) is 10.2 Å². The van der Waals surface area contributed by atoms with E-state index in [1.54, 1.807) is 0 Å². The smallest absolute Gasteiger partial charge is 0.340 e. The summed E-state index contributed by atoms with van der Waals surface area (Å²) in [5.74, 6) is -1.56. The molecule has 1 aromatic heterocycles. The van der Waals surface area contributed by atoms with E-state index in [0.29, 0.717) is 0 Å².